The van der Waals surface area contributed by atoms with Crippen LogP contribution in [0.25, 0.3) is 0 Å². The Morgan fingerprint density at radius 2 is 2.05 bits per heavy atom. The second kappa shape index (κ2) is 5.45. The minimum Gasteiger partial charge on any atom is -0.371 e. The summed E-state index contributed by atoms with van der Waals surface area (Å²) in [4.78, 5) is 2.49. The summed E-state index contributed by atoms with van der Waals surface area (Å²) in [6, 6.07) is 6.64. The molecular weight excluding hydrogens is 300 g/mol. The van der Waals surface area contributed by atoms with Crippen LogP contribution in [0, 0.1) is 11.3 Å². The number of hydrogen-bond donors (Lipinski definition) is 1. The maximum absolute atomic E-state index is 5.95. The Morgan fingerprint density at radius 3 is 2.53 bits per heavy atom. The molecule has 0 aromatic heterocycles. The second-order valence-electron chi connectivity index (χ2n) is 6.79. The van der Waals surface area contributed by atoms with E-state index < -0.39 is 0 Å². The maximum Gasteiger partial charge on any atom is 0.0377 e. The Balaban J connectivity index is 2.14. The standard InChI is InChI=1S/C16H25BrN2/c1-11(18)14-6-5-13(9-15(14)17)19-8-7-12(10-19)16(2,3)4/h5-6,9,11-12H,7-8,10,18H2,1-4H3/t11-,12?/m0/s1. The summed E-state index contributed by atoms with van der Waals surface area (Å²) in [5.74, 6) is 0.777. The molecule has 19 heavy (non-hydrogen) atoms. The Kier molecular flexibility index (Phi) is 4.26. The molecule has 2 atom stereocenters. The van der Waals surface area contributed by atoms with E-state index in [1.54, 1.807) is 0 Å². The summed E-state index contributed by atoms with van der Waals surface area (Å²) < 4.78 is 1.12. The lowest BCUT2D eigenvalue weighted by atomic mass is 9.80. The Bertz CT molecular complexity index is 449. The first-order valence-corrected chi connectivity index (χ1v) is 7.88. The molecule has 1 saturated heterocycles. The fourth-order valence-electron chi connectivity index (χ4n) is 2.78. The predicted molar refractivity (Wildman–Crippen MR) is 86.5 cm³/mol. The van der Waals surface area contributed by atoms with Crippen LogP contribution in [0.2, 0.25) is 0 Å². The molecule has 0 saturated carbocycles. The molecule has 1 aromatic carbocycles. The van der Waals surface area contributed by atoms with E-state index >= 15 is 0 Å². The Morgan fingerprint density at radius 1 is 1.37 bits per heavy atom. The molecule has 1 aromatic rings. The van der Waals surface area contributed by atoms with Gasteiger partial charge in [0.25, 0.3) is 0 Å². The molecule has 0 bridgehead atoms. The molecule has 0 amide bonds. The fourth-order valence-corrected chi connectivity index (χ4v) is 3.51. The van der Waals surface area contributed by atoms with Crippen LogP contribution in [0.5, 0.6) is 0 Å². The zero-order valence-electron chi connectivity index (χ0n) is 12.4. The zero-order valence-corrected chi connectivity index (χ0v) is 14.0. The van der Waals surface area contributed by atoms with Gasteiger partial charge in [0.15, 0.2) is 0 Å². The lowest BCUT2D eigenvalue weighted by Gasteiger charge is -2.27. The average Bonchev–Trinajstić information content (AvgIpc) is 2.76. The summed E-state index contributed by atoms with van der Waals surface area (Å²) in [7, 11) is 0. The smallest absolute Gasteiger partial charge is 0.0377 e. The quantitative estimate of drug-likeness (QED) is 0.876. The highest BCUT2D eigenvalue weighted by molar-refractivity contribution is 9.10. The van der Waals surface area contributed by atoms with Gasteiger partial charge in [0.2, 0.25) is 0 Å². The van der Waals surface area contributed by atoms with Gasteiger partial charge in [0.05, 0.1) is 0 Å². The SMILES string of the molecule is C[C@H](N)c1ccc(N2CCC(C(C)(C)C)C2)cc1Br. The molecule has 2 nitrogen and oxygen atoms in total. The topological polar surface area (TPSA) is 29.3 Å². The van der Waals surface area contributed by atoms with Crippen molar-refractivity contribution >= 4 is 21.6 Å². The first kappa shape index (κ1) is 14.9. The third-order valence-corrected chi connectivity index (χ3v) is 4.94. The highest BCUT2D eigenvalue weighted by Gasteiger charge is 2.31. The van der Waals surface area contributed by atoms with Crippen LogP contribution >= 0.6 is 15.9 Å². The molecule has 1 fully saturated rings. The monoisotopic (exact) mass is 324 g/mol. The molecule has 106 valence electrons. The van der Waals surface area contributed by atoms with E-state index in [1.165, 1.54) is 17.7 Å². The van der Waals surface area contributed by atoms with Crippen LogP contribution in [-0.2, 0) is 0 Å². The molecule has 0 radical (unpaired) electrons. The summed E-state index contributed by atoms with van der Waals surface area (Å²) in [5.41, 5.74) is 8.84. The Hall–Kier alpha value is -0.540. The summed E-state index contributed by atoms with van der Waals surface area (Å²) in [5, 5.41) is 0. The number of halogens is 1. The minimum atomic E-state index is 0.0735. The van der Waals surface area contributed by atoms with Crippen molar-refractivity contribution in [3.05, 3.63) is 28.2 Å². The molecule has 2 rings (SSSR count). The summed E-state index contributed by atoms with van der Waals surface area (Å²) >= 11 is 3.64. The molecular formula is C16H25BrN2. The number of nitrogens with two attached hydrogens (primary N) is 1. The first-order valence-electron chi connectivity index (χ1n) is 7.09. The van der Waals surface area contributed by atoms with Gasteiger partial charge in [-0.3, -0.25) is 0 Å². The van der Waals surface area contributed by atoms with Gasteiger partial charge in [-0.05, 0) is 42.4 Å². The fraction of sp³-hybridized carbons (Fsp3) is 0.625. The number of nitrogens with zero attached hydrogens (tertiary/aromatic N) is 1. The molecule has 1 heterocycles. The van der Waals surface area contributed by atoms with E-state index in [9.17, 15) is 0 Å². The van der Waals surface area contributed by atoms with Crippen LogP contribution in [0.15, 0.2) is 22.7 Å². The zero-order chi connectivity index (χ0) is 14.2. The van der Waals surface area contributed by atoms with Gasteiger partial charge in [0.1, 0.15) is 0 Å². The van der Waals surface area contributed by atoms with Crippen molar-refractivity contribution in [1.29, 1.82) is 0 Å². The predicted octanol–water partition coefficient (Wildman–Crippen LogP) is 4.34. The summed E-state index contributed by atoms with van der Waals surface area (Å²) in [6.07, 6.45) is 1.29. The molecule has 1 unspecified atom stereocenters. The molecule has 0 spiro atoms. The van der Waals surface area contributed by atoms with Crippen LogP contribution in [0.1, 0.15) is 45.7 Å². The maximum atomic E-state index is 5.95. The highest BCUT2D eigenvalue weighted by atomic mass is 79.9. The van der Waals surface area contributed by atoms with Crippen LogP contribution < -0.4 is 10.6 Å². The molecule has 1 aliphatic rings. The molecule has 3 heteroatoms. The van der Waals surface area contributed by atoms with E-state index in [0.29, 0.717) is 5.41 Å². The van der Waals surface area contributed by atoms with E-state index in [0.717, 1.165) is 23.5 Å². The van der Waals surface area contributed by atoms with Crippen molar-refractivity contribution in [2.75, 3.05) is 18.0 Å². The lowest BCUT2D eigenvalue weighted by Crippen LogP contribution is -2.25. The Labute approximate surface area is 125 Å². The van der Waals surface area contributed by atoms with Gasteiger partial charge in [-0.2, -0.15) is 0 Å². The second-order valence-corrected chi connectivity index (χ2v) is 7.65. The van der Waals surface area contributed by atoms with E-state index in [2.05, 4.69) is 59.8 Å². The van der Waals surface area contributed by atoms with Crippen molar-refractivity contribution in [2.45, 2.75) is 40.2 Å². The highest BCUT2D eigenvalue weighted by Crippen LogP contribution is 2.36. The van der Waals surface area contributed by atoms with Crippen LogP contribution in [0.3, 0.4) is 0 Å². The minimum absolute atomic E-state index is 0.0735. The first-order chi connectivity index (χ1) is 8.79. The summed E-state index contributed by atoms with van der Waals surface area (Å²) in [6.45, 7) is 11.4. The van der Waals surface area contributed by atoms with Crippen LogP contribution in [0.4, 0.5) is 5.69 Å². The number of hydrogen-bond acceptors (Lipinski definition) is 2. The van der Waals surface area contributed by atoms with Gasteiger partial charge in [0, 0.05) is 29.3 Å². The van der Waals surface area contributed by atoms with Gasteiger partial charge in [-0.1, -0.05) is 42.8 Å². The van der Waals surface area contributed by atoms with Gasteiger partial charge >= 0.3 is 0 Å². The van der Waals surface area contributed by atoms with Crippen molar-refractivity contribution in [3.63, 3.8) is 0 Å². The largest absolute Gasteiger partial charge is 0.371 e. The number of anilines is 1. The van der Waals surface area contributed by atoms with Crippen molar-refractivity contribution in [3.8, 4) is 0 Å². The van der Waals surface area contributed by atoms with E-state index in [-0.39, 0.29) is 6.04 Å². The normalized spacial score (nSPS) is 21.8. The van der Waals surface area contributed by atoms with Crippen molar-refractivity contribution in [1.82, 2.24) is 0 Å². The van der Waals surface area contributed by atoms with Crippen LogP contribution in [-0.4, -0.2) is 13.1 Å². The van der Waals surface area contributed by atoms with Crippen molar-refractivity contribution < 1.29 is 0 Å². The van der Waals surface area contributed by atoms with Gasteiger partial charge in [-0.25, -0.2) is 0 Å². The third kappa shape index (κ3) is 3.32. The molecule has 0 aliphatic carbocycles. The van der Waals surface area contributed by atoms with E-state index in [4.69, 9.17) is 5.73 Å². The van der Waals surface area contributed by atoms with Gasteiger partial charge < -0.3 is 10.6 Å². The number of benzene rings is 1. The van der Waals surface area contributed by atoms with E-state index in [1.807, 2.05) is 6.92 Å². The van der Waals surface area contributed by atoms with Gasteiger partial charge in [-0.15, -0.1) is 0 Å². The number of rotatable bonds is 2. The van der Waals surface area contributed by atoms with Crippen molar-refractivity contribution in [2.24, 2.45) is 17.1 Å². The molecule has 1 aliphatic heterocycles. The lowest BCUT2D eigenvalue weighted by molar-refractivity contribution is 0.263. The third-order valence-electron chi connectivity index (χ3n) is 4.25. The average molecular weight is 325 g/mol. The molecule has 2 N–H and O–H groups in total.